The van der Waals surface area contributed by atoms with Crippen molar-refractivity contribution in [2.75, 3.05) is 19.4 Å². The monoisotopic (exact) mass is 423 g/mol. The number of aryl methyl sites for hydroxylation is 1. The van der Waals surface area contributed by atoms with E-state index in [1.54, 1.807) is 6.92 Å². The van der Waals surface area contributed by atoms with Crippen LogP contribution >= 0.6 is 11.6 Å². The Labute approximate surface area is 172 Å². The first kappa shape index (κ1) is 22.4. The van der Waals surface area contributed by atoms with Crippen molar-refractivity contribution in [3.05, 3.63) is 70.2 Å². The van der Waals surface area contributed by atoms with Gasteiger partial charge < -0.3 is 4.74 Å². The largest absolute Gasteiger partial charge is 0.466 e. The van der Waals surface area contributed by atoms with Crippen LogP contribution in [0.25, 0.3) is 0 Å². The Morgan fingerprint density at radius 2 is 1.75 bits per heavy atom. The number of sulfonamides is 1. The Morgan fingerprint density at radius 1 is 1.07 bits per heavy atom. The van der Waals surface area contributed by atoms with Gasteiger partial charge in [0.05, 0.1) is 19.3 Å². The summed E-state index contributed by atoms with van der Waals surface area (Å²) in [7, 11) is -3.35. The van der Waals surface area contributed by atoms with Crippen molar-refractivity contribution in [2.24, 2.45) is 0 Å². The standard InChI is InChI=1S/C21H26ClNO4S/c1-3-27-21(24)15-18-6-4-7-19(14-18)16-23(28(2,25)26)13-5-8-17-9-11-20(22)12-10-17/h4,6-7,9-12,14H,3,5,8,13,15-16H2,1-2H3. The minimum Gasteiger partial charge on any atom is -0.466 e. The molecule has 0 fully saturated rings. The van der Waals surface area contributed by atoms with Gasteiger partial charge in [0.2, 0.25) is 10.0 Å². The number of carbonyl (C=O) groups is 1. The first-order chi connectivity index (χ1) is 13.3. The van der Waals surface area contributed by atoms with Gasteiger partial charge in [0.1, 0.15) is 0 Å². The third-order valence-electron chi connectivity index (χ3n) is 4.26. The van der Waals surface area contributed by atoms with Crippen LogP contribution in [0.15, 0.2) is 48.5 Å². The van der Waals surface area contributed by atoms with Crippen LogP contribution in [0.1, 0.15) is 30.0 Å². The van der Waals surface area contributed by atoms with Gasteiger partial charge in [-0.25, -0.2) is 8.42 Å². The second-order valence-electron chi connectivity index (χ2n) is 6.63. The van der Waals surface area contributed by atoms with E-state index >= 15 is 0 Å². The maximum absolute atomic E-state index is 12.2. The molecule has 0 N–H and O–H groups in total. The number of ether oxygens (including phenoxy) is 1. The van der Waals surface area contributed by atoms with Gasteiger partial charge >= 0.3 is 5.97 Å². The summed E-state index contributed by atoms with van der Waals surface area (Å²) in [6.07, 6.45) is 2.87. The van der Waals surface area contributed by atoms with Crippen LogP contribution in [0.4, 0.5) is 0 Å². The van der Waals surface area contributed by atoms with Crippen LogP contribution < -0.4 is 0 Å². The molecule has 0 unspecified atom stereocenters. The molecule has 0 aliphatic rings. The zero-order valence-corrected chi connectivity index (χ0v) is 17.8. The summed E-state index contributed by atoms with van der Waals surface area (Å²) in [4.78, 5) is 11.7. The number of rotatable bonds is 10. The van der Waals surface area contributed by atoms with Gasteiger partial charge in [-0.3, -0.25) is 4.79 Å². The molecule has 5 nitrogen and oxygen atoms in total. The molecule has 0 amide bonds. The van der Waals surface area contributed by atoms with E-state index in [2.05, 4.69) is 0 Å². The molecule has 2 aromatic carbocycles. The second-order valence-corrected chi connectivity index (χ2v) is 9.05. The van der Waals surface area contributed by atoms with Gasteiger partial charge in [0.25, 0.3) is 0 Å². The molecule has 2 aromatic rings. The molecule has 0 saturated heterocycles. The molecule has 0 heterocycles. The lowest BCUT2D eigenvalue weighted by Crippen LogP contribution is -2.30. The fourth-order valence-corrected chi connectivity index (χ4v) is 3.86. The molecule has 2 rings (SSSR count). The number of hydrogen-bond donors (Lipinski definition) is 0. The number of esters is 1. The van der Waals surface area contributed by atoms with Gasteiger partial charge in [0.15, 0.2) is 0 Å². The highest BCUT2D eigenvalue weighted by molar-refractivity contribution is 7.88. The number of halogens is 1. The van der Waals surface area contributed by atoms with Crippen LogP contribution in [0.5, 0.6) is 0 Å². The van der Waals surface area contributed by atoms with Crippen molar-refractivity contribution in [1.29, 1.82) is 0 Å². The molecule has 0 aliphatic carbocycles. The average Bonchev–Trinajstić information content (AvgIpc) is 2.62. The molecule has 0 aromatic heterocycles. The van der Waals surface area contributed by atoms with Crippen molar-refractivity contribution in [3.63, 3.8) is 0 Å². The van der Waals surface area contributed by atoms with E-state index in [0.717, 1.165) is 23.1 Å². The van der Waals surface area contributed by atoms with Crippen LogP contribution in [0, 0.1) is 0 Å². The van der Waals surface area contributed by atoms with E-state index in [1.807, 2.05) is 48.5 Å². The van der Waals surface area contributed by atoms with E-state index in [-0.39, 0.29) is 18.9 Å². The summed E-state index contributed by atoms with van der Waals surface area (Å²) in [6, 6.07) is 15.0. The number of benzene rings is 2. The normalized spacial score (nSPS) is 11.6. The second kappa shape index (κ2) is 10.6. The van der Waals surface area contributed by atoms with Crippen molar-refractivity contribution < 1.29 is 17.9 Å². The summed E-state index contributed by atoms with van der Waals surface area (Å²) in [5, 5.41) is 0.684. The lowest BCUT2D eigenvalue weighted by Gasteiger charge is -2.20. The molecule has 0 bridgehead atoms. The predicted octanol–water partition coefficient (Wildman–Crippen LogP) is 3.84. The highest BCUT2D eigenvalue weighted by Gasteiger charge is 2.17. The van der Waals surface area contributed by atoms with Gasteiger partial charge in [-0.1, -0.05) is 48.0 Å². The molecule has 7 heteroatoms. The first-order valence-corrected chi connectivity index (χ1v) is 11.4. The van der Waals surface area contributed by atoms with Crippen molar-refractivity contribution in [2.45, 2.75) is 32.7 Å². The van der Waals surface area contributed by atoms with Gasteiger partial charge in [-0.2, -0.15) is 4.31 Å². The number of nitrogens with zero attached hydrogens (tertiary/aromatic N) is 1. The number of hydrogen-bond acceptors (Lipinski definition) is 4. The zero-order valence-electron chi connectivity index (χ0n) is 16.2. The molecular weight excluding hydrogens is 398 g/mol. The summed E-state index contributed by atoms with van der Waals surface area (Å²) in [5.41, 5.74) is 2.78. The SMILES string of the molecule is CCOC(=O)Cc1cccc(CN(CCCc2ccc(Cl)cc2)S(C)(=O)=O)c1. The summed E-state index contributed by atoms with van der Waals surface area (Å²) in [6.45, 7) is 2.80. The van der Waals surface area contributed by atoms with Crippen LogP contribution in [-0.2, 0) is 38.9 Å². The Kier molecular flexibility index (Phi) is 8.48. The van der Waals surface area contributed by atoms with Crippen LogP contribution in [0.2, 0.25) is 5.02 Å². The topological polar surface area (TPSA) is 63.7 Å². The average molecular weight is 424 g/mol. The van der Waals surface area contributed by atoms with E-state index < -0.39 is 10.0 Å². The molecule has 152 valence electrons. The smallest absolute Gasteiger partial charge is 0.310 e. The first-order valence-electron chi connectivity index (χ1n) is 9.21. The summed E-state index contributed by atoms with van der Waals surface area (Å²) < 4.78 is 30.8. The minimum atomic E-state index is -3.35. The lowest BCUT2D eigenvalue weighted by molar-refractivity contribution is -0.142. The van der Waals surface area contributed by atoms with Crippen LogP contribution in [-0.4, -0.2) is 38.1 Å². The molecular formula is C21H26ClNO4S. The fraction of sp³-hybridized carbons (Fsp3) is 0.381. The van der Waals surface area contributed by atoms with E-state index in [9.17, 15) is 13.2 Å². The Balaban J connectivity index is 2.00. The lowest BCUT2D eigenvalue weighted by atomic mass is 10.1. The zero-order chi connectivity index (χ0) is 20.6. The summed E-state index contributed by atoms with van der Waals surface area (Å²) in [5.74, 6) is -0.289. The minimum absolute atomic E-state index is 0.178. The van der Waals surface area contributed by atoms with E-state index in [0.29, 0.717) is 24.6 Å². The molecule has 0 aliphatic heterocycles. The maximum atomic E-state index is 12.2. The van der Waals surface area contributed by atoms with Crippen molar-refractivity contribution in [3.8, 4) is 0 Å². The van der Waals surface area contributed by atoms with E-state index in [1.165, 1.54) is 10.6 Å². The molecule has 0 radical (unpaired) electrons. The van der Waals surface area contributed by atoms with Gasteiger partial charge in [0, 0.05) is 18.1 Å². The fourth-order valence-electron chi connectivity index (χ4n) is 2.89. The Hall–Kier alpha value is -1.89. The quantitative estimate of drug-likeness (QED) is 0.544. The van der Waals surface area contributed by atoms with Crippen molar-refractivity contribution >= 4 is 27.6 Å². The van der Waals surface area contributed by atoms with Gasteiger partial charge in [-0.15, -0.1) is 0 Å². The Bertz CT molecular complexity index is 882. The Morgan fingerprint density at radius 3 is 2.39 bits per heavy atom. The third-order valence-corrected chi connectivity index (χ3v) is 5.76. The van der Waals surface area contributed by atoms with E-state index in [4.69, 9.17) is 16.3 Å². The molecule has 0 spiro atoms. The number of carbonyl (C=O) groups excluding carboxylic acids is 1. The van der Waals surface area contributed by atoms with Gasteiger partial charge in [-0.05, 0) is 48.6 Å². The van der Waals surface area contributed by atoms with Crippen molar-refractivity contribution in [1.82, 2.24) is 4.31 Å². The molecule has 0 saturated carbocycles. The maximum Gasteiger partial charge on any atom is 0.310 e. The highest BCUT2D eigenvalue weighted by atomic mass is 35.5. The molecule has 0 atom stereocenters. The highest BCUT2D eigenvalue weighted by Crippen LogP contribution is 2.15. The summed E-state index contributed by atoms with van der Waals surface area (Å²) >= 11 is 5.89. The van der Waals surface area contributed by atoms with Crippen LogP contribution in [0.3, 0.4) is 0 Å². The third kappa shape index (κ3) is 7.62. The molecule has 28 heavy (non-hydrogen) atoms. The predicted molar refractivity (Wildman–Crippen MR) is 112 cm³/mol.